The van der Waals surface area contributed by atoms with Crippen LogP contribution in [0.2, 0.25) is 0 Å². The third kappa shape index (κ3) is 2.85. The Labute approximate surface area is 91.0 Å². The molecule has 0 saturated carbocycles. The van der Waals surface area contributed by atoms with Crippen molar-refractivity contribution in [2.45, 2.75) is 38.7 Å². The summed E-state index contributed by atoms with van der Waals surface area (Å²) in [6.07, 6.45) is 10.1. The van der Waals surface area contributed by atoms with Gasteiger partial charge in [0, 0.05) is 5.92 Å². The quantitative estimate of drug-likeness (QED) is 0.774. The molecule has 2 unspecified atom stereocenters. The van der Waals surface area contributed by atoms with Crippen LogP contribution in [0.15, 0.2) is 24.3 Å². The molecule has 0 bridgehead atoms. The van der Waals surface area contributed by atoms with E-state index in [1.54, 1.807) is 0 Å². The molecular formula is C12H19NO2. The van der Waals surface area contributed by atoms with E-state index in [4.69, 9.17) is 10.5 Å². The SMILES string of the molecule is CCCCC1(OC(N)=O)C=CC=CC1C. The summed E-state index contributed by atoms with van der Waals surface area (Å²) in [5.74, 6) is 0.182. The number of amides is 1. The van der Waals surface area contributed by atoms with Crippen LogP contribution >= 0.6 is 0 Å². The molecule has 0 radical (unpaired) electrons. The first-order valence-corrected chi connectivity index (χ1v) is 5.45. The number of allylic oxidation sites excluding steroid dienone is 2. The maximum absolute atomic E-state index is 10.9. The summed E-state index contributed by atoms with van der Waals surface area (Å²) in [5.41, 5.74) is 4.59. The fourth-order valence-electron chi connectivity index (χ4n) is 1.89. The van der Waals surface area contributed by atoms with Gasteiger partial charge < -0.3 is 10.5 Å². The third-order valence-electron chi connectivity index (χ3n) is 2.87. The Balaban J connectivity index is 2.79. The largest absolute Gasteiger partial charge is 0.438 e. The summed E-state index contributed by atoms with van der Waals surface area (Å²) in [6.45, 7) is 4.16. The van der Waals surface area contributed by atoms with Gasteiger partial charge in [-0.2, -0.15) is 0 Å². The summed E-state index contributed by atoms with van der Waals surface area (Å²) in [6, 6.07) is 0. The smallest absolute Gasteiger partial charge is 0.405 e. The Morgan fingerprint density at radius 1 is 1.53 bits per heavy atom. The van der Waals surface area contributed by atoms with Gasteiger partial charge in [0.1, 0.15) is 5.60 Å². The number of hydrogen-bond acceptors (Lipinski definition) is 2. The standard InChI is InChI=1S/C12H19NO2/c1-3-4-8-12(15-11(13)14)9-6-5-7-10(12)2/h5-7,9-10H,3-4,8H2,1-2H3,(H2,13,14). The van der Waals surface area contributed by atoms with Gasteiger partial charge in [-0.3, -0.25) is 0 Å². The molecule has 1 rings (SSSR count). The normalized spacial score (nSPS) is 29.1. The predicted octanol–water partition coefficient (Wildman–Crippen LogP) is 2.77. The van der Waals surface area contributed by atoms with Crippen molar-refractivity contribution in [1.29, 1.82) is 0 Å². The minimum atomic E-state index is -0.696. The number of carbonyl (C=O) groups excluding carboxylic acids is 1. The first-order chi connectivity index (χ1) is 7.10. The number of hydrogen-bond donors (Lipinski definition) is 1. The molecular weight excluding hydrogens is 190 g/mol. The van der Waals surface area contributed by atoms with Crippen molar-refractivity contribution in [2.75, 3.05) is 0 Å². The molecule has 84 valence electrons. The van der Waals surface area contributed by atoms with E-state index in [-0.39, 0.29) is 5.92 Å². The van der Waals surface area contributed by atoms with Crippen LogP contribution in [0.4, 0.5) is 4.79 Å². The third-order valence-corrected chi connectivity index (χ3v) is 2.87. The highest BCUT2D eigenvalue weighted by atomic mass is 16.6. The zero-order chi connectivity index (χ0) is 11.3. The number of ether oxygens (including phenoxy) is 1. The monoisotopic (exact) mass is 209 g/mol. The average molecular weight is 209 g/mol. The predicted molar refractivity (Wildman–Crippen MR) is 60.4 cm³/mol. The molecule has 2 atom stereocenters. The van der Waals surface area contributed by atoms with E-state index in [1.165, 1.54) is 0 Å². The molecule has 1 aliphatic carbocycles. The first-order valence-electron chi connectivity index (χ1n) is 5.45. The lowest BCUT2D eigenvalue weighted by atomic mass is 9.81. The highest BCUT2D eigenvalue weighted by molar-refractivity contribution is 5.65. The molecule has 0 aromatic carbocycles. The minimum Gasteiger partial charge on any atom is -0.438 e. The van der Waals surface area contributed by atoms with Crippen molar-refractivity contribution in [3.8, 4) is 0 Å². The maximum Gasteiger partial charge on any atom is 0.405 e. The fraction of sp³-hybridized carbons (Fsp3) is 0.583. The summed E-state index contributed by atoms with van der Waals surface area (Å²) in [7, 11) is 0. The lowest BCUT2D eigenvalue weighted by Crippen LogP contribution is -2.41. The van der Waals surface area contributed by atoms with Crippen molar-refractivity contribution >= 4 is 6.09 Å². The molecule has 0 heterocycles. The van der Waals surface area contributed by atoms with Gasteiger partial charge in [0.15, 0.2) is 0 Å². The molecule has 0 saturated heterocycles. The molecule has 1 aliphatic rings. The van der Waals surface area contributed by atoms with Crippen LogP contribution in [0.3, 0.4) is 0 Å². The van der Waals surface area contributed by atoms with Crippen molar-refractivity contribution in [3.05, 3.63) is 24.3 Å². The van der Waals surface area contributed by atoms with E-state index < -0.39 is 11.7 Å². The van der Waals surface area contributed by atoms with Crippen molar-refractivity contribution in [3.63, 3.8) is 0 Å². The van der Waals surface area contributed by atoms with Crippen LogP contribution in [0.1, 0.15) is 33.1 Å². The molecule has 3 nitrogen and oxygen atoms in total. The van der Waals surface area contributed by atoms with Crippen molar-refractivity contribution < 1.29 is 9.53 Å². The lowest BCUT2D eigenvalue weighted by molar-refractivity contribution is 0.0184. The number of carbonyl (C=O) groups is 1. The number of rotatable bonds is 4. The van der Waals surface area contributed by atoms with Crippen molar-refractivity contribution in [1.82, 2.24) is 0 Å². The first kappa shape index (κ1) is 11.8. The summed E-state index contributed by atoms with van der Waals surface area (Å²) >= 11 is 0. The van der Waals surface area contributed by atoms with E-state index in [1.807, 2.05) is 31.2 Å². The Kier molecular flexibility index (Phi) is 3.95. The molecule has 0 aromatic heterocycles. The molecule has 0 aromatic rings. The maximum atomic E-state index is 10.9. The van der Waals surface area contributed by atoms with Crippen LogP contribution < -0.4 is 5.73 Å². The topological polar surface area (TPSA) is 52.3 Å². The van der Waals surface area contributed by atoms with Crippen molar-refractivity contribution in [2.24, 2.45) is 11.7 Å². The van der Waals surface area contributed by atoms with E-state index in [2.05, 4.69) is 6.92 Å². The number of unbranched alkanes of at least 4 members (excludes halogenated alkanes) is 1. The zero-order valence-corrected chi connectivity index (χ0v) is 9.40. The summed E-state index contributed by atoms with van der Waals surface area (Å²) in [4.78, 5) is 10.9. The second-order valence-electron chi connectivity index (χ2n) is 4.01. The van der Waals surface area contributed by atoms with Crippen LogP contribution in [-0.4, -0.2) is 11.7 Å². The minimum absolute atomic E-state index is 0.182. The molecule has 0 spiro atoms. The van der Waals surface area contributed by atoms with Gasteiger partial charge in [0.25, 0.3) is 0 Å². The Morgan fingerprint density at radius 3 is 2.80 bits per heavy atom. The second-order valence-corrected chi connectivity index (χ2v) is 4.01. The van der Waals surface area contributed by atoms with Crippen LogP contribution in [0, 0.1) is 5.92 Å². The summed E-state index contributed by atoms with van der Waals surface area (Å²) < 4.78 is 5.29. The van der Waals surface area contributed by atoms with Gasteiger partial charge in [-0.25, -0.2) is 4.79 Å². The van der Waals surface area contributed by atoms with E-state index in [0.29, 0.717) is 0 Å². The highest BCUT2D eigenvalue weighted by Gasteiger charge is 2.36. The average Bonchev–Trinajstić information content (AvgIpc) is 2.18. The van der Waals surface area contributed by atoms with Gasteiger partial charge in [-0.05, 0) is 18.9 Å². The zero-order valence-electron chi connectivity index (χ0n) is 9.40. The van der Waals surface area contributed by atoms with Gasteiger partial charge in [-0.1, -0.05) is 38.5 Å². The molecule has 0 aliphatic heterocycles. The lowest BCUT2D eigenvalue weighted by Gasteiger charge is -2.35. The molecule has 1 amide bonds. The number of nitrogens with two attached hydrogens (primary N) is 1. The Morgan fingerprint density at radius 2 is 2.27 bits per heavy atom. The molecule has 3 heteroatoms. The molecule has 2 N–H and O–H groups in total. The Hall–Kier alpha value is -1.25. The Bertz CT molecular complexity index is 283. The van der Waals surface area contributed by atoms with E-state index in [9.17, 15) is 4.79 Å². The number of primary amides is 1. The van der Waals surface area contributed by atoms with E-state index >= 15 is 0 Å². The van der Waals surface area contributed by atoms with Gasteiger partial charge in [-0.15, -0.1) is 0 Å². The van der Waals surface area contributed by atoms with E-state index in [0.717, 1.165) is 19.3 Å². The highest BCUT2D eigenvalue weighted by Crippen LogP contribution is 2.33. The van der Waals surface area contributed by atoms with Crippen LogP contribution in [-0.2, 0) is 4.74 Å². The summed E-state index contributed by atoms with van der Waals surface area (Å²) in [5, 5.41) is 0. The van der Waals surface area contributed by atoms with Gasteiger partial charge in [0.05, 0.1) is 0 Å². The second kappa shape index (κ2) is 5.01. The van der Waals surface area contributed by atoms with Gasteiger partial charge in [0.2, 0.25) is 0 Å². The fourth-order valence-corrected chi connectivity index (χ4v) is 1.89. The molecule has 0 fully saturated rings. The molecule has 15 heavy (non-hydrogen) atoms. The van der Waals surface area contributed by atoms with Gasteiger partial charge >= 0.3 is 6.09 Å². The van der Waals surface area contributed by atoms with Crippen LogP contribution in [0.5, 0.6) is 0 Å². The van der Waals surface area contributed by atoms with Crippen LogP contribution in [0.25, 0.3) is 0 Å².